The number of ether oxygens (including phenoxy) is 1. The Morgan fingerprint density at radius 2 is 1.89 bits per heavy atom. The second kappa shape index (κ2) is 8.69. The summed E-state index contributed by atoms with van der Waals surface area (Å²) in [6, 6.07) is 4.93. The van der Waals surface area contributed by atoms with Crippen LogP contribution < -0.4 is 15.8 Å². The molecule has 2 aliphatic rings. The Hall–Kier alpha value is -1.47. The van der Waals surface area contributed by atoms with E-state index in [0.29, 0.717) is 23.1 Å². The van der Waals surface area contributed by atoms with Crippen LogP contribution in [0.25, 0.3) is 0 Å². The molecule has 2 bridgehead atoms. The molecule has 0 aromatic heterocycles. The van der Waals surface area contributed by atoms with E-state index < -0.39 is 12.8 Å². The Morgan fingerprint density at radius 3 is 2.48 bits per heavy atom. The quantitative estimate of drug-likeness (QED) is 0.776. The van der Waals surface area contributed by atoms with E-state index in [-0.39, 0.29) is 36.0 Å². The van der Waals surface area contributed by atoms with Gasteiger partial charge >= 0.3 is 6.18 Å². The number of carbonyl (C=O) groups excluding carboxylic acids is 1. The molecule has 0 saturated heterocycles. The molecule has 4 nitrogen and oxygen atoms in total. The molecule has 1 amide bonds. The highest BCUT2D eigenvalue weighted by molar-refractivity contribution is 5.93. The summed E-state index contributed by atoms with van der Waals surface area (Å²) in [5.41, 5.74) is 7.26. The van der Waals surface area contributed by atoms with Gasteiger partial charge in [-0.1, -0.05) is 12.5 Å². The molecule has 0 heterocycles. The number of alkyl halides is 3. The number of hydrogen-bond acceptors (Lipinski definition) is 3. The lowest BCUT2D eigenvalue weighted by Gasteiger charge is -2.43. The first-order valence-corrected chi connectivity index (χ1v) is 9.10. The van der Waals surface area contributed by atoms with Crippen LogP contribution in [-0.4, -0.2) is 24.7 Å². The van der Waals surface area contributed by atoms with Gasteiger partial charge < -0.3 is 15.8 Å². The van der Waals surface area contributed by atoms with Crippen molar-refractivity contribution in [3.63, 3.8) is 0 Å². The highest BCUT2D eigenvalue weighted by atomic mass is 35.5. The highest BCUT2D eigenvalue weighted by Gasteiger charge is 2.40. The Morgan fingerprint density at radius 1 is 1.26 bits per heavy atom. The summed E-state index contributed by atoms with van der Waals surface area (Å²) in [5.74, 6) is 0.735. The summed E-state index contributed by atoms with van der Waals surface area (Å²) in [5, 5.41) is 2.88. The van der Waals surface area contributed by atoms with Crippen molar-refractivity contribution in [2.75, 3.05) is 11.9 Å². The van der Waals surface area contributed by atoms with Gasteiger partial charge in [0.05, 0.1) is 0 Å². The van der Waals surface area contributed by atoms with Gasteiger partial charge in [-0.15, -0.1) is 12.4 Å². The van der Waals surface area contributed by atoms with Crippen LogP contribution in [0.3, 0.4) is 0 Å². The van der Waals surface area contributed by atoms with E-state index in [0.717, 1.165) is 25.7 Å². The summed E-state index contributed by atoms with van der Waals surface area (Å²) in [7, 11) is 0. The maximum atomic E-state index is 12.7. The average Bonchev–Trinajstić information content (AvgIpc) is 2.54. The summed E-state index contributed by atoms with van der Waals surface area (Å²) in [4.78, 5) is 12.7. The van der Waals surface area contributed by atoms with Crippen LogP contribution in [0.15, 0.2) is 18.2 Å². The zero-order valence-corrected chi connectivity index (χ0v) is 16.0. The number of nitrogens with two attached hydrogens (primary N) is 1. The van der Waals surface area contributed by atoms with E-state index in [9.17, 15) is 18.0 Å². The van der Waals surface area contributed by atoms with E-state index in [1.54, 1.807) is 19.1 Å². The minimum Gasteiger partial charge on any atom is -0.484 e. The Bertz CT molecular complexity index is 655. The van der Waals surface area contributed by atoms with Gasteiger partial charge in [0.1, 0.15) is 5.75 Å². The van der Waals surface area contributed by atoms with Crippen molar-refractivity contribution in [3.05, 3.63) is 23.8 Å². The van der Waals surface area contributed by atoms with Crippen LogP contribution in [0.1, 0.15) is 37.7 Å². The van der Waals surface area contributed by atoms with Gasteiger partial charge in [0, 0.05) is 23.2 Å². The standard InChI is InChI=1S/C19H25F3N2O2.ClH/c1-11-15(6-3-7-16(11)26-10-19(20,21)22)24-18(25)14-8-12-4-2-5-13(9-14)17(12)23;/h3,6-7,12-14,17H,2,4-5,8-10,23H2,1H3,(H,24,25);1H. The number of rotatable bonds is 4. The summed E-state index contributed by atoms with van der Waals surface area (Å²) >= 11 is 0. The van der Waals surface area contributed by atoms with Crippen LogP contribution in [0.4, 0.5) is 18.9 Å². The van der Waals surface area contributed by atoms with Crippen LogP contribution >= 0.6 is 12.4 Å². The molecule has 2 saturated carbocycles. The Kier molecular flexibility index (Phi) is 7.03. The van der Waals surface area contributed by atoms with E-state index in [2.05, 4.69) is 5.32 Å². The summed E-state index contributed by atoms with van der Waals surface area (Å²) in [6.45, 7) is 0.294. The van der Waals surface area contributed by atoms with E-state index in [1.165, 1.54) is 12.5 Å². The van der Waals surface area contributed by atoms with Gasteiger partial charge in [-0.25, -0.2) is 0 Å². The molecule has 0 radical (unpaired) electrons. The molecule has 1 aromatic carbocycles. The molecular weight excluding hydrogens is 381 g/mol. The molecule has 1 aromatic rings. The number of anilines is 1. The van der Waals surface area contributed by atoms with Crippen molar-refractivity contribution < 1.29 is 22.7 Å². The predicted octanol–water partition coefficient (Wildman–Crippen LogP) is 4.45. The number of benzene rings is 1. The van der Waals surface area contributed by atoms with Gasteiger partial charge in [0.25, 0.3) is 0 Å². The van der Waals surface area contributed by atoms with Crippen molar-refractivity contribution in [2.45, 2.75) is 51.2 Å². The van der Waals surface area contributed by atoms with Gasteiger partial charge in [-0.3, -0.25) is 4.79 Å². The number of nitrogens with one attached hydrogen (secondary N) is 1. The van der Waals surface area contributed by atoms with Crippen molar-refractivity contribution in [2.24, 2.45) is 23.5 Å². The SMILES string of the molecule is Cc1c(NC(=O)C2CC3CCCC(C2)C3N)cccc1OCC(F)(F)F.Cl. The molecule has 0 spiro atoms. The molecule has 8 heteroatoms. The topological polar surface area (TPSA) is 64.4 Å². The summed E-state index contributed by atoms with van der Waals surface area (Å²) < 4.78 is 41.9. The normalized spacial score (nSPS) is 27.4. The van der Waals surface area contributed by atoms with E-state index >= 15 is 0 Å². The van der Waals surface area contributed by atoms with Crippen molar-refractivity contribution in [3.8, 4) is 5.75 Å². The fraction of sp³-hybridized carbons (Fsp3) is 0.632. The second-order valence-corrected chi connectivity index (χ2v) is 7.52. The van der Waals surface area contributed by atoms with Crippen molar-refractivity contribution >= 4 is 24.0 Å². The molecule has 2 aliphatic carbocycles. The zero-order valence-electron chi connectivity index (χ0n) is 15.2. The van der Waals surface area contributed by atoms with Crippen molar-refractivity contribution in [1.29, 1.82) is 0 Å². The molecule has 3 N–H and O–H groups in total. The van der Waals surface area contributed by atoms with Gasteiger partial charge in [-0.05, 0) is 56.6 Å². The third kappa shape index (κ3) is 5.29. The van der Waals surface area contributed by atoms with Crippen LogP contribution in [0.5, 0.6) is 5.75 Å². The fourth-order valence-electron chi connectivity index (χ4n) is 4.30. The lowest BCUT2D eigenvalue weighted by atomic mass is 9.65. The zero-order chi connectivity index (χ0) is 18.9. The number of fused-ring (bicyclic) bond motifs is 2. The third-order valence-corrected chi connectivity index (χ3v) is 5.72. The lowest BCUT2D eigenvalue weighted by molar-refractivity contribution is -0.153. The van der Waals surface area contributed by atoms with Gasteiger partial charge in [-0.2, -0.15) is 13.2 Å². The molecule has 0 aliphatic heterocycles. The fourth-order valence-corrected chi connectivity index (χ4v) is 4.30. The van der Waals surface area contributed by atoms with Gasteiger partial charge in [0.2, 0.25) is 5.91 Å². The maximum absolute atomic E-state index is 12.7. The number of hydrogen-bond donors (Lipinski definition) is 2. The number of halogens is 4. The second-order valence-electron chi connectivity index (χ2n) is 7.52. The lowest BCUT2D eigenvalue weighted by Crippen LogP contribution is -2.48. The predicted molar refractivity (Wildman–Crippen MR) is 100 cm³/mol. The molecule has 2 atom stereocenters. The average molecular weight is 407 g/mol. The van der Waals surface area contributed by atoms with Gasteiger partial charge in [0.15, 0.2) is 6.61 Å². The van der Waals surface area contributed by atoms with Crippen LogP contribution in [0.2, 0.25) is 0 Å². The number of amides is 1. The molecule has 152 valence electrons. The smallest absolute Gasteiger partial charge is 0.422 e. The minimum absolute atomic E-state index is 0. The van der Waals surface area contributed by atoms with Crippen LogP contribution in [0, 0.1) is 24.7 Å². The Balaban J connectivity index is 0.00000261. The summed E-state index contributed by atoms with van der Waals surface area (Å²) in [6.07, 6.45) is 0.488. The molecule has 2 unspecified atom stereocenters. The van der Waals surface area contributed by atoms with Crippen LogP contribution in [-0.2, 0) is 4.79 Å². The third-order valence-electron chi connectivity index (χ3n) is 5.72. The Labute approximate surface area is 163 Å². The molecular formula is C19H26ClF3N2O2. The molecule has 27 heavy (non-hydrogen) atoms. The first-order chi connectivity index (χ1) is 12.2. The largest absolute Gasteiger partial charge is 0.484 e. The van der Waals surface area contributed by atoms with E-state index in [1.807, 2.05) is 0 Å². The maximum Gasteiger partial charge on any atom is 0.422 e. The molecule has 3 rings (SSSR count). The highest BCUT2D eigenvalue weighted by Crippen LogP contribution is 2.42. The first kappa shape index (κ1) is 21.8. The van der Waals surface area contributed by atoms with E-state index in [4.69, 9.17) is 10.5 Å². The number of carbonyl (C=O) groups is 1. The van der Waals surface area contributed by atoms with Crippen molar-refractivity contribution in [1.82, 2.24) is 0 Å². The minimum atomic E-state index is -4.40. The monoisotopic (exact) mass is 406 g/mol. The first-order valence-electron chi connectivity index (χ1n) is 9.10. The molecule has 2 fully saturated rings.